The van der Waals surface area contributed by atoms with Crippen LogP contribution in [0.3, 0.4) is 0 Å². The van der Waals surface area contributed by atoms with Crippen LogP contribution >= 0.6 is 11.6 Å². The van der Waals surface area contributed by atoms with E-state index in [4.69, 9.17) is 16.0 Å². The van der Waals surface area contributed by atoms with Gasteiger partial charge in [0.1, 0.15) is 0 Å². The molecule has 0 unspecified atom stereocenters. The SMILES string of the molecule is CCCCc1ccc(Cl)cc1[O+]=CC=O. The number of unbranched alkanes of at least 4 members (excludes halogenated alkanes) is 1. The first kappa shape index (κ1) is 11.9. The maximum atomic E-state index is 10.2. The van der Waals surface area contributed by atoms with Crippen molar-refractivity contribution in [2.24, 2.45) is 0 Å². The molecule has 3 heteroatoms. The molecule has 1 aromatic carbocycles. The second-order valence-corrected chi connectivity index (χ2v) is 3.68. The predicted molar refractivity (Wildman–Crippen MR) is 61.6 cm³/mol. The Morgan fingerprint density at radius 2 is 2.27 bits per heavy atom. The molecule has 0 aliphatic rings. The summed E-state index contributed by atoms with van der Waals surface area (Å²) in [4.78, 5) is 10.2. The van der Waals surface area contributed by atoms with Crippen molar-refractivity contribution in [2.45, 2.75) is 26.2 Å². The standard InChI is InChI=1S/C12H14ClO2/c1-2-3-4-10-5-6-11(13)9-12(10)15-8-7-14/h5-9H,2-4H2,1H3/q+1. The van der Waals surface area contributed by atoms with Gasteiger partial charge in [-0.2, -0.15) is 0 Å². The summed E-state index contributed by atoms with van der Waals surface area (Å²) in [6, 6.07) is 5.50. The summed E-state index contributed by atoms with van der Waals surface area (Å²) in [5.74, 6) is 0.669. The number of benzene rings is 1. The summed E-state index contributed by atoms with van der Waals surface area (Å²) in [6.07, 6.45) is 4.90. The van der Waals surface area contributed by atoms with Crippen LogP contribution in [0.5, 0.6) is 5.75 Å². The quantitative estimate of drug-likeness (QED) is 0.429. The summed E-state index contributed by atoms with van der Waals surface area (Å²) in [6.45, 7) is 2.13. The second-order valence-electron chi connectivity index (χ2n) is 3.25. The van der Waals surface area contributed by atoms with Crippen molar-refractivity contribution in [3.05, 3.63) is 28.8 Å². The van der Waals surface area contributed by atoms with Gasteiger partial charge < -0.3 is 0 Å². The minimum atomic E-state index is 0.615. The van der Waals surface area contributed by atoms with Crippen LogP contribution in [0.1, 0.15) is 25.3 Å². The fourth-order valence-electron chi connectivity index (χ4n) is 1.31. The van der Waals surface area contributed by atoms with Crippen molar-refractivity contribution in [1.29, 1.82) is 0 Å². The average molecular weight is 226 g/mol. The van der Waals surface area contributed by atoms with Crippen LogP contribution in [0.25, 0.3) is 0 Å². The van der Waals surface area contributed by atoms with Gasteiger partial charge in [0.2, 0.25) is 6.29 Å². The highest BCUT2D eigenvalue weighted by Gasteiger charge is 2.11. The van der Waals surface area contributed by atoms with E-state index in [0.29, 0.717) is 17.1 Å². The van der Waals surface area contributed by atoms with Gasteiger partial charge in [0.05, 0.1) is 16.7 Å². The minimum Gasteiger partial charge on any atom is -0.289 e. The van der Waals surface area contributed by atoms with Gasteiger partial charge in [0.15, 0.2) is 0 Å². The van der Waals surface area contributed by atoms with Crippen molar-refractivity contribution in [3.8, 4) is 5.75 Å². The molecule has 0 bridgehead atoms. The van der Waals surface area contributed by atoms with E-state index in [1.807, 2.05) is 12.1 Å². The van der Waals surface area contributed by atoms with Crippen LogP contribution in [0, 0.1) is 0 Å². The van der Waals surface area contributed by atoms with E-state index in [1.54, 1.807) is 6.07 Å². The van der Waals surface area contributed by atoms with E-state index in [1.165, 1.54) is 0 Å². The Kier molecular flexibility index (Phi) is 5.05. The average Bonchev–Trinajstić information content (AvgIpc) is 2.25. The first-order chi connectivity index (χ1) is 7.27. The number of aldehydes is 2. The zero-order valence-electron chi connectivity index (χ0n) is 8.70. The van der Waals surface area contributed by atoms with Gasteiger partial charge in [0, 0.05) is 0 Å². The van der Waals surface area contributed by atoms with E-state index < -0.39 is 0 Å². The molecule has 0 atom stereocenters. The zero-order chi connectivity index (χ0) is 11.1. The monoisotopic (exact) mass is 225 g/mol. The van der Waals surface area contributed by atoms with E-state index in [2.05, 4.69) is 6.92 Å². The van der Waals surface area contributed by atoms with E-state index >= 15 is 0 Å². The summed E-state index contributed by atoms with van der Waals surface area (Å²) < 4.78 is 5.19. The molecule has 0 saturated heterocycles. The Morgan fingerprint density at radius 1 is 1.47 bits per heavy atom. The van der Waals surface area contributed by atoms with Crippen LogP contribution in [0.15, 0.2) is 18.2 Å². The smallest absolute Gasteiger partial charge is 0.289 e. The molecular formula is C12H14ClO2+. The molecule has 0 heterocycles. The highest BCUT2D eigenvalue weighted by atomic mass is 35.5. The lowest BCUT2D eigenvalue weighted by Gasteiger charge is -1.97. The molecule has 0 aliphatic carbocycles. The van der Waals surface area contributed by atoms with Gasteiger partial charge in [0.25, 0.3) is 0 Å². The van der Waals surface area contributed by atoms with Crippen molar-refractivity contribution >= 4 is 24.2 Å². The number of carbonyl (C=O) groups is 1. The molecule has 0 amide bonds. The third-order valence-electron chi connectivity index (χ3n) is 2.08. The molecule has 80 valence electrons. The molecule has 0 aliphatic heterocycles. The number of aryl methyl sites for hydroxylation is 1. The lowest BCUT2D eigenvalue weighted by Crippen LogP contribution is -1.88. The number of carbonyl (C=O) groups excluding carboxylic acids is 2. The number of rotatable bonds is 5. The summed E-state index contributed by atoms with van der Waals surface area (Å²) >= 11 is 5.85. The minimum absolute atomic E-state index is 0.615. The van der Waals surface area contributed by atoms with Crippen molar-refractivity contribution in [1.82, 2.24) is 0 Å². The Morgan fingerprint density at radius 3 is 2.93 bits per heavy atom. The molecule has 0 N–H and O–H groups in total. The zero-order valence-corrected chi connectivity index (χ0v) is 9.46. The van der Waals surface area contributed by atoms with Gasteiger partial charge >= 0.3 is 12.0 Å². The van der Waals surface area contributed by atoms with Crippen molar-refractivity contribution in [3.63, 3.8) is 0 Å². The third kappa shape index (κ3) is 3.84. The highest BCUT2D eigenvalue weighted by molar-refractivity contribution is 6.30. The summed E-state index contributed by atoms with van der Waals surface area (Å²) in [5, 5.41) is 0.615. The van der Waals surface area contributed by atoms with Crippen LogP contribution in [0.4, 0.5) is 0 Å². The molecule has 1 rings (SSSR count). The van der Waals surface area contributed by atoms with E-state index in [0.717, 1.165) is 31.1 Å². The van der Waals surface area contributed by atoms with Gasteiger partial charge in [-0.1, -0.05) is 24.9 Å². The van der Waals surface area contributed by atoms with Gasteiger partial charge in [-0.05, 0) is 25.0 Å². The summed E-state index contributed by atoms with van der Waals surface area (Å²) in [7, 11) is 0. The predicted octanol–water partition coefficient (Wildman–Crippen LogP) is 3.33. The molecule has 15 heavy (non-hydrogen) atoms. The molecule has 0 fully saturated rings. The summed E-state index contributed by atoms with van der Waals surface area (Å²) in [5.41, 5.74) is 1.08. The van der Waals surface area contributed by atoms with E-state index in [-0.39, 0.29) is 0 Å². The molecule has 2 nitrogen and oxygen atoms in total. The molecule has 0 aromatic heterocycles. The van der Waals surface area contributed by atoms with E-state index in [9.17, 15) is 4.79 Å². The highest BCUT2D eigenvalue weighted by Crippen LogP contribution is 2.24. The first-order valence-corrected chi connectivity index (χ1v) is 5.37. The van der Waals surface area contributed by atoms with Crippen LogP contribution in [-0.4, -0.2) is 12.6 Å². The lowest BCUT2D eigenvalue weighted by molar-refractivity contribution is -0.359. The third-order valence-corrected chi connectivity index (χ3v) is 2.31. The Hall–Kier alpha value is -1.15. The second kappa shape index (κ2) is 6.36. The Balaban J connectivity index is 2.91. The fraction of sp³-hybridized carbons (Fsp3) is 0.333. The first-order valence-electron chi connectivity index (χ1n) is 5.00. The topological polar surface area (TPSA) is 28.4 Å². The normalized spacial score (nSPS) is 10.8. The van der Waals surface area contributed by atoms with Crippen LogP contribution in [-0.2, 0) is 15.6 Å². The van der Waals surface area contributed by atoms with Crippen molar-refractivity contribution < 1.29 is 9.22 Å². The largest absolute Gasteiger partial charge is 0.358 e. The maximum Gasteiger partial charge on any atom is 0.358 e. The molecular weight excluding hydrogens is 212 g/mol. The fourth-order valence-corrected chi connectivity index (χ4v) is 1.48. The number of hydrogen-bond donors (Lipinski definition) is 0. The van der Waals surface area contributed by atoms with Gasteiger partial charge in [-0.3, -0.25) is 4.79 Å². The van der Waals surface area contributed by atoms with Crippen LogP contribution in [0.2, 0.25) is 5.02 Å². The molecule has 0 radical (unpaired) electrons. The Bertz CT molecular complexity index is 359. The van der Waals surface area contributed by atoms with Crippen LogP contribution < -0.4 is 0 Å². The maximum absolute atomic E-state index is 10.2. The van der Waals surface area contributed by atoms with Gasteiger partial charge in [-0.15, -0.1) is 0 Å². The number of halogens is 1. The molecule has 1 aromatic rings. The van der Waals surface area contributed by atoms with Gasteiger partial charge in [-0.25, -0.2) is 4.42 Å². The Labute approximate surface area is 94.6 Å². The lowest BCUT2D eigenvalue weighted by atomic mass is 10.1. The van der Waals surface area contributed by atoms with Crippen molar-refractivity contribution in [2.75, 3.05) is 0 Å². The molecule has 0 spiro atoms. The number of hydrogen-bond acceptors (Lipinski definition) is 1. The molecule has 0 saturated carbocycles.